The van der Waals surface area contributed by atoms with Gasteiger partial charge in [-0.3, -0.25) is 0 Å². The van der Waals surface area contributed by atoms with Gasteiger partial charge in [0, 0.05) is 18.8 Å². The standard InChI is InChI=1S/C16H19N3/c17-10-12-4-6-13(7-5-12)11-18-16-9-8-14-2-1-3-15(14)19-16/h4-9H,1-3,10-11,17H2,(H,18,19). The maximum absolute atomic E-state index is 5.59. The lowest BCUT2D eigenvalue weighted by Gasteiger charge is -2.08. The van der Waals surface area contributed by atoms with Gasteiger partial charge in [-0.25, -0.2) is 4.98 Å². The van der Waals surface area contributed by atoms with Gasteiger partial charge < -0.3 is 11.1 Å². The maximum atomic E-state index is 5.59. The predicted molar refractivity (Wildman–Crippen MR) is 77.9 cm³/mol. The Morgan fingerprint density at radius 2 is 1.79 bits per heavy atom. The van der Waals surface area contributed by atoms with Crippen LogP contribution in [0.15, 0.2) is 36.4 Å². The Morgan fingerprint density at radius 1 is 1.00 bits per heavy atom. The van der Waals surface area contributed by atoms with Crippen LogP contribution in [0.2, 0.25) is 0 Å². The smallest absolute Gasteiger partial charge is 0.126 e. The van der Waals surface area contributed by atoms with Crippen LogP contribution in [0.25, 0.3) is 0 Å². The zero-order chi connectivity index (χ0) is 13.1. The van der Waals surface area contributed by atoms with E-state index in [-0.39, 0.29) is 0 Å². The highest BCUT2D eigenvalue weighted by molar-refractivity contribution is 5.41. The van der Waals surface area contributed by atoms with Crippen molar-refractivity contribution in [1.82, 2.24) is 4.98 Å². The summed E-state index contributed by atoms with van der Waals surface area (Å²) in [6, 6.07) is 12.7. The van der Waals surface area contributed by atoms with Crippen molar-refractivity contribution in [2.75, 3.05) is 5.32 Å². The number of nitrogens with zero attached hydrogens (tertiary/aromatic N) is 1. The van der Waals surface area contributed by atoms with E-state index < -0.39 is 0 Å². The summed E-state index contributed by atoms with van der Waals surface area (Å²) in [6.45, 7) is 1.40. The molecular formula is C16H19N3. The molecule has 3 N–H and O–H groups in total. The molecule has 2 aromatic rings. The molecule has 0 spiro atoms. The van der Waals surface area contributed by atoms with Crippen molar-refractivity contribution in [3.05, 3.63) is 58.8 Å². The van der Waals surface area contributed by atoms with E-state index in [1.165, 1.54) is 35.2 Å². The van der Waals surface area contributed by atoms with Crippen LogP contribution in [0, 0.1) is 0 Å². The van der Waals surface area contributed by atoms with E-state index in [9.17, 15) is 0 Å². The Bertz CT molecular complexity index is 561. The van der Waals surface area contributed by atoms with Crippen LogP contribution in [-0.2, 0) is 25.9 Å². The molecule has 3 heteroatoms. The van der Waals surface area contributed by atoms with E-state index in [2.05, 4.69) is 46.7 Å². The summed E-state index contributed by atoms with van der Waals surface area (Å²) in [5.74, 6) is 0.976. The fourth-order valence-corrected chi connectivity index (χ4v) is 2.50. The fraction of sp³-hybridized carbons (Fsp3) is 0.312. The number of hydrogen-bond acceptors (Lipinski definition) is 3. The molecule has 0 aliphatic heterocycles. The molecule has 98 valence electrons. The first-order chi connectivity index (χ1) is 9.35. The number of aryl methyl sites for hydroxylation is 2. The summed E-state index contributed by atoms with van der Waals surface area (Å²) in [4.78, 5) is 4.67. The molecule has 1 aliphatic rings. The molecule has 0 unspecified atom stereocenters. The Morgan fingerprint density at radius 3 is 2.58 bits per heavy atom. The van der Waals surface area contributed by atoms with Crippen molar-refractivity contribution >= 4 is 5.82 Å². The zero-order valence-electron chi connectivity index (χ0n) is 11.0. The number of hydrogen-bond donors (Lipinski definition) is 2. The van der Waals surface area contributed by atoms with Gasteiger partial charge in [0.15, 0.2) is 0 Å². The Labute approximate surface area is 113 Å². The van der Waals surface area contributed by atoms with Crippen LogP contribution >= 0.6 is 0 Å². The molecular weight excluding hydrogens is 234 g/mol. The first-order valence-electron chi connectivity index (χ1n) is 6.86. The molecule has 1 heterocycles. The van der Waals surface area contributed by atoms with E-state index in [1.54, 1.807) is 0 Å². The first-order valence-corrected chi connectivity index (χ1v) is 6.86. The monoisotopic (exact) mass is 253 g/mol. The van der Waals surface area contributed by atoms with E-state index in [0.717, 1.165) is 18.8 Å². The first kappa shape index (κ1) is 12.2. The van der Waals surface area contributed by atoms with Crippen molar-refractivity contribution < 1.29 is 0 Å². The van der Waals surface area contributed by atoms with Gasteiger partial charge in [0.05, 0.1) is 0 Å². The number of aromatic nitrogens is 1. The van der Waals surface area contributed by atoms with Gasteiger partial charge in [0.1, 0.15) is 5.82 Å². The van der Waals surface area contributed by atoms with Crippen molar-refractivity contribution in [3.8, 4) is 0 Å². The fourth-order valence-electron chi connectivity index (χ4n) is 2.50. The molecule has 0 bridgehead atoms. The van der Waals surface area contributed by atoms with Crippen LogP contribution < -0.4 is 11.1 Å². The highest BCUT2D eigenvalue weighted by Gasteiger charge is 2.12. The molecule has 0 radical (unpaired) electrons. The molecule has 0 fully saturated rings. The largest absolute Gasteiger partial charge is 0.366 e. The van der Waals surface area contributed by atoms with Gasteiger partial charge in [-0.15, -0.1) is 0 Å². The number of rotatable bonds is 4. The summed E-state index contributed by atoms with van der Waals surface area (Å²) in [6.07, 6.45) is 3.55. The quantitative estimate of drug-likeness (QED) is 0.880. The lowest BCUT2D eigenvalue weighted by atomic mass is 10.1. The van der Waals surface area contributed by atoms with Crippen molar-refractivity contribution in [2.24, 2.45) is 5.73 Å². The van der Waals surface area contributed by atoms with E-state index in [0.29, 0.717) is 6.54 Å². The molecule has 1 aromatic heterocycles. The van der Waals surface area contributed by atoms with E-state index in [4.69, 9.17) is 5.73 Å². The van der Waals surface area contributed by atoms with Crippen LogP contribution in [-0.4, -0.2) is 4.98 Å². The van der Waals surface area contributed by atoms with Crippen LogP contribution in [0.4, 0.5) is 5.82 Å². The minimum Gasteiger partial charge on any atom is -0.366 e. The number of fused-ring (bicyclic) bond motifs is 1. The molecule has 0 amide bonds. The molecule has 19 heavy (non-hydrogen) atoms. The number of nitrogens with two attached hydrogens (primary N) is 1. The summed E-state index contributed by atoms with van der Waals surface area (Å²) < 4.78 is 0. The highest BCUT2D eigenvalue weighted by Crippen LogP contribution is 2.21. The lowest BCUT2D eigenvalue weighted by Crippen LogP contribution is -2.03. The Hall–Kier alpha value is -1.87. The summed E-state index contributed by atoms with van der Waals surface area (Å²) in [7, 11) is 0. The number of nitrogens with one attached hydrogen (secondary N) is 1. The molecule has 0 saturated heterocycles. The molecule has 0 atom stereocenters. The van der Waals surface area contributed by atoms with Gasteiger partial charge in [-0.05, 0) is 42.0 Å². The van der Waals surface area contributed by atoms with Crippen LogP contribution in [0.1, 0.15) is 28.8 Å². The number of pyridine rings is 1. The number of anilines is 1. The summed E-state index contributed by atoms with van der Waals surface area (Å²) in [5.41, 5.74) is 10.7. The summed E-state index contributed by atoms with van der Waals surface area (Å²) in [5, 5.41) is 3.39. The van der Waals surface area contributed by atoms with E-state index in [1.807, 2.05) is 0 Å². The van der Waals surface area contributed by atoms with Crippen molar-refractivity contribution in [1.29, 1.82) is 0 Å². The topological polar surface area (TPSA) is 50.9 Å². The minimum absolute atomic E-state index is 0.597. The second-order valence-electron chi connectivity index (χ2n) is 5.03. The third-order valence-electron chi connectivity index (χ3n) is 3.66. The van der Waals surface area contributed by atoms with Gasteiger partial charge in [0.25, 0.3) is 0 Å². The molecule has 0 saturated carbocycles. The van der Waals surface area contributed by atoms with Gasteiger partial charge >= 0.3 is 0 Å². The average Bonchev–Trinajstić information content (AvgIpc) is 2.93. The van der Waals surface area contributed by atoms with Gasteiger partial charge in [-0.2, -0.15) is 0 Å². The Balaban J connectivity index is 1.65. The molecule has 3 nitrogen and oxygen atoms in total. The van der Waals surface area contributed by atoms with Crippen molar-refractivity contribution in [3.63, 3.8) is 0 Å². The number of benzene rings is 1. The normalized spacial score (nSPS) is 13.3. The molecule has 3 rings (SSSR count). The third-order valence-corrected chi connectivity index (χ3v) is 3.66. The van der Waals surface area contributed by atoms with Crippen LogP contribution in [0.3, 0.4) is 0 Å². The zero-order valence-corrected chi connectivity index (χ0v) is 11.0. The second-order valence-corrected chi connectivity index (χ2v) is 5.03. The third kappa shape index (κ3) is 2.76. The predicted octanol–water partition coefficient (Wildman–Crippen LogP) is 2.64. The van der Waals surface area contributed by atoms with Gasteiger partial charge in [-0.1, -0.05) is 30.3 Å². The highest BCUT2D eigenvalue weighted by atomic mass is 15.0. The minimum atomic E-state index is 0.597. The van der Waals surface area contributed by atoms with Crippen LogP contribution in [0.5, 0.6) is 0 Å². The lowest BCUT2D eigenvalue weighted by molar-refractivity contribution is 0.899. The molecule has 1 aromatic carbocycles. The summed E-state index contributed by atoms with van der Waals surface area (Å²) >= 11 is 0. The Kier molecular flexibility index (Phi) is 3.47. The van der Waals surface area contributed by atoms with E-state index >= 15 is 0 Å². The SMILES string of the molecule is NCc1ccc(CNc2ccc3c(n2)CCC3)cc1. The average molecular weight is 253 g/mol. The van der Waals surface area contributed by atoms with Crippen molar-refractivity contribution in [2.45, 2.75) is 32.4 Å². The second kappa shape index (κ2) is 5.41. The molecule has 1 aliphatic carbocycles. The van der Waals surface area contributed by atoms with Gasteiger partial charge in [0.2, 0.25) is 0 Å². The maximum Gasteiger partial charge on any atom is 0.126 e.